The molecule has 1 heterocycles. The topological polar surface area (TPSA) is 69.6 Å². The minimum Gasteiger partial charge on any atom is -0.393 e. The lowest BCUT2D eigenvalue weighted by Gasteiger charge is -2.29. The molecular formula is C19H28N2O3. The maximum absolute atomic E-state index is 12.1. The number of aliphatic hydroxyl groups is 1. The van der Waals surface area contributed by atoms with Gasteiger partial charge in [-0.05, 0) is 37.3 Å². The maximum atomic E-state index is 12.1. The largest absolute Gasteiger partial charge is 0.393 e. The SMILES string of the molecule is CCc1ccc([C@H](C)NC(=O)CCC(=O)N2CCC(O)CC2)cc1. The van der Waals surface area contributed by atoms with Crippen molar-refractivity contribution >= 4 is 11.8 Å². The molecule has 5 nitrogen and oxygen atoms in total. The van der Waals surface area contributed by atoms with Crippen LogP contribution in [0.3, 0.4) is 0 Å². The predicted molar refractivity (Wildman–Crippen MR) is 93.4 cm³/mol. The van der Waals surface area contributed by atoms with E-state index < -0.39 is 0 Å². The molecule has 24 heavy (non-hydrogen) atoms. The van der Waals surface area contributed by atoms with Crippen LogP contribution in [0.15, 0.2) is 24.3 Å². The summed E-state index contributed by atoms with van der Waals surface area (Å²) < 4.78 is 0. The summed E-state index contributed by atoms with van der Waals surface area (Å²) in [4.78, 5) is 25.9. The zero-order chi connectivity index (χ0) is 17.5. The van der Waals surface area contributed by atoms with Crippen LogP contribution in [0.4, 0.5) is 0 Å². The lowest BCUT2D eigenvalue weighted by Crippen LogP contribution is -2.40. The molecule has 0 aliphatic carbocycles. The highest BCUT2D eigenvalue weighted by Gasteiger charge is 2.21. The third kappa shape index (κ3) is 5.34. The Kier molecular flexibility index (Phi) is 6.79. The molecular weight excluding hydrogens is 304 g/mol. The Balaban J connectivity index is 1.74. The number of nitrogens with one attached hydrogen (secondary N) is 1. The van der Waals surface area contributed by atoms with Gasteiger partial charge in [0.15, 0.2) is 0 Å². The van der Waals surface area contributed by atoms with Gasteiger partial charge in [-0.3, -0.25) is 9.59 Å². The van der Waals surface area contributed by atoms with Gasteiger partial charge in [0.05, 0.1) is 12.1 Å². The molecule has 0 saturated carbocycles. The zero-order valence-corrected chi connectivity index (χ0v) is 14.6. The number of aryl methyl sites for hydroxylation is 1. The van der Waals surface area contributed by atoms with Gasteiger partial charge in [-0.15, -0.1) is 0 Å². The van der Waals surface area contributed by atoms with E-state index in [1.54, 1.807) is 4.90 Å². The van der Waals surface area contributed by atoms with Gasteiger partial charge < -0.3 is 15.3 Å². The van der Waals surface area contributed by atoms with Gasteiger partial charge in [-0.1, -0.05) is 31.2 Å². The molecule has 0 aromatic heterocycles. The van der Waals surface area contributed by atoms with E-state index in [1.165, 1.54) is 5.56 Å². The zero-order valence-electron chi connectivity index (χ0n) is 14.6. The second-order valence-electron chi connectivity index (χ2n) is 6.50. The summed E-state index contributed by atoms with van der Waals surface area (Å²) in [6.07, 6.45) is 2.39. The average molecular weight is 332 g/mol. The van der Waals surface area contributed by atoms with Crippen LogP contribution < -0.4 is 5.32 Å². The van der Waals surface area contributed by atoms with Gasteiger partial charge in [0.25, 0.3) is 0 Å². The molecule has 1 fully saturated rings. The smallest absolute Gasteiger partial charge is 0.223 e. The number of likely N-dealkylation sites (tertiary alicyclic amines) is 1. The van der Waals surface area contributed by atoms with Crippen molar-refractivity contribution in [3.63, 3.8) is 0 Å². The number of nitrogens with zero attached hydrogens (tertiary/aromatic N) is 1. The number of hydrogen-bond acceptors (Lipinski definition) is 3. The first kappa shape index (κ1) is 18.5. The van der Waals surface area contributed by atoms with Gasteiger partial charge in [-0.2, -0.15) is 0 Å². The number of carbonyl (C=O) groups is 2. The van der Waals surface area contributed by atoms with Crippen LogP contribution in [0.1, 0.15) is 56.7 Å². The molecule has 2 rings (SSSR count). The number of hydrogen-bond donors (Lipinski definition) is 2. The van der Waals surface area contributed by atoms with Gasteiger partial charge in [-0.25, -0.2) is 0 Å². The van der Waals surface area contributed by atoms with Gasteiger partial charge in [0, 0.05) is 25.9 Å². The van der Waals surface area contributed by atoms with E-state index in [4.69, 9.17) is 0 Å². The number of amides is 2. The Bertz CT molecular complexity index is 548. The molecule has 5 heteroatoms. The number of aliphatic hydroxyl groups excluding tert-OH is 1. The van der Waals surface area contributed by atoms with E-state index in [9.17, 15) is 14.7 Å². The van der Waals surface area contributed by atoms with Crippen LogP contribution in [-0.4, -0.2) is 41.0 Å². The number of rotatable bonds is 6. The Morgan fingerprint density at radius 2 is 1.83 bits per heavy atom. The highest BCUT2D eigenvalue weighted by atomic mass is 16.3. The predicted octanol–water partition coefficient (Wildman–Crippen LogP) is 2.19. The summed E-state index contributed by atoms with van der Waals surface area (Å²) in [5.74, 6) is -0.107. The number of carbonyl (C=O) groups excluding carboxylic acids is 2. The normalized spacial score (nSPS) is 16.7. The second kappa shape index (κ2) is 8.83. The summed E-state index contributed by atoms with van der Waals surface area (Å²) in [6, 6.07) is 8.16. The molecule has 1 aliphatic heterocycles. The standard InChI is InChI=1S/C19H28N2O3/c1-3-15-4-6-16(7-5-15)14(2)20-18(23)8-9-19(24)21-12-10-17(22)11-13-21/h4-7,14,17,22H,3,8-13H2,1-2H3,(H,20,23)/t14-/m0/s1. The minimum atomic E-state index is -0.294. The van der Waals surface area contributed by atoms with Gasteiger partial charge in [0.1, 0.15) is 0 Å². The van der Waals surface area contributed by atoms with Crippen molar-refractivity contribution in [2.24, 2.45) is 0 Å². The first-order valence-electron chi connectivity index (χ1n) is 8.83. The molecule has 1 aromatic carbocycles. The highest BCUT2D eigenvalue weighted by Crippen LogP contribution is 2.15. The van der Waals surface area contributed by atoms with Crippen LogP contribution in [0.25, 0.3) is 0 Å². The maximum Gasteiger partial charge on any atom is 0.223 e. The molecule has 132 valence electrons. The summed E-state index contributed by atoms with van der Waals surface area (Å²) in [5, 5.41) is 12.4. The lowest BCUT2D eigenvalue weighted by atomic mass is 10.0. The van der Waals surface area contributed by atoms with E-state index in [0.717, 1.165) is 12.0 Å². The van der Waals surface area contributed by atoms with Crippen LogP contribution >= 0.6 is 0 Å². The fourth-order valence-electron chi connectivity index (χ4n) is 2.93. The van der Waals surface area contributed by atoms with Crippen LogP contribution in [0.2, 0.25) is 0 Å². The fraction of sp³-hybridized carbons (Fsp3) is 0.579. The lowest BCUT2D eigenvalue weighted by molar-refractivity contribution is -0.135. The monoisotopic (exact) mass is 332 g/mol. The van der Waals surface area contributed by atoms with Crippen molar-refractivity contribution in [3.05, 3.63) is 35.4 Å². The first-order chi connectivity index (χ1) is 11.5. The van der Waals surface area contributed by atoms with Crippen LogP contribution in [0, 0.1) is 0 Å². The molecule has 1 aliphatic rings. The summed E-state index contributed by atoms with van der Waals surface area (Å²) in [6.45, 7) is 5.23. The van der Waals surface area contributed by atoms with E-state index in [-0.39, 0.29) is 36.8 Å². The van der Waals surface area contributed by atoms with E-state index in [1.807, 2.05) is 19.1 Å². The Morgan fingerprint density at radius 3 is 2.42 bits per heavy atom. The molecule has 0 bridgehead atoms. The van der Waals surface area contributed by atoms with Crippen molar-refractivity contribution in [1.29, 1.82) is 0 Å². The summed E-state index contributed by atoms with van der Waals surface area (Å²) >= 11 is 0. The quantitative estimate of drug-likeness (QED) is 0.839. The van der Waals surface area contributed by atoms with Crippen molar-refractivity contribution in [2.75, 3.05) is 13.1 Å². The molecule has 0 spiro atoms. The summed E-state index contributed by atoms with van der Waals surface area (Å²) in [7, 11) is 0. The first-order valence-corrected chi connectivity index (χ1v) is 8.83. The van der Waals surface area contributed by atoms with Crippen molar-refractivity contribution in [3.8, 4) is 0 Å². The fourth-order valence-corrected chi connectivity index (χ4v) is 2.93. The van der Waals surface area contributed by atoms with Crippen molar-refractivity contribution in [2.45, 2.75) is 58.1 Å². The molecule has 2 amide bonds. The molecule has 0 unspecified atom stereocenters. The van der Waals surface area contributed by atoms with E-state index in [0.29, 0.717) is 25.9 Å². The van der Waals surface area contributed by atoms with E-state index in [2.05, 4.69) is 24.4 Å². The van der Waals surface area contributed by atoms with Crippen molar-refractivity contribution in [1.82, 2.24) is 10.2 Å². The Labute approximate surface area is 144 Å². The molecule has 1 aromatic rings. The van der Waals surface area contributed by atoms with Crippen LogP contribution in [0.5, 0.6) is 0 Å². The van der Waals surface area contributed by atoms with E-state index >= 15 is 0 Å². The Hall–Kier alpha value is -1.88. The number of benzene rings is 1. The molecule has 1 saturated heterocycles. The second-order valence-corrected chi connectivity index (χ2v) is 6.50. The molecule has 1 atom stereocenters. The molecule has 2 N–H and O–H groups in total. The number of piperidine rings is 1. The summed E-state index contributed by atoms with van der Waals surface area (Å²) in [5.41, 5.74) is 2.34. The third-order valence-electron chi connectivity index (χ3n) is 4.65. The van der Waals surface area contributed by atoms with Gasteiger partial charge in [0.2, 0.25) is 11.8 Å². The third-order valence-corrected chi connectivity index (χ3v) is 4.65. The van der Waals surface area contributed by atoms with Crippen molar-refractivity contribution < 1.29 is 14.7 Å². The molecule has 0 radical (unpaired) electrons. The minimum absolute atomic E-state index is 0.00278. The van der Waals surface area contributed by atoms with Gasteiger partial charge >= 0.3 is 0 Å². The highest BCUT2D eigenvalue weighted by molar-refractivity contribution is 5.84. The Morgan fingerprint density at radius 1 is 1.21 bits per heavy atom. The average Bonchev–Trinajstić information content (AvgIpc) is 2.60. The van der Waals surface area contributed by atoms with Crippen LogP contribution in [-0.2, 0) is 16.0 Å².